The van der Waals surface area contributed by atoms with E-state index in [1.165, 1.54) is 11.5 Å². The van der Waals surface area contributed by atoms with Gasteiger partial charge in [-0.1, -0.05) is 13.8 Å². The van der Waals surface area contributed by atoms with Crippen LogP contribution >= 0.6 is 11.8 Å². The Morgan fingerprint density at radius 1 is 1.44 bits per heavy atom. The van der Waals surface area contributed by atoms with Gasteiger partial charge in [-0.3, -0.25) is 4.79 Å². The van der Waals surface area contributed by atoms with Crippen LogP contribution < -0.4 is 0 Å². The summed E-state index contributed by atoms with van der Waals surface area (Å²) in [6.07, 6.45) is 4.60. The fourth-order valence-corrected chi connectivity index (χ4v) is 4.56. The molecule has 2 heterocycles. The summed E-state index contributed by atoms with van der Waals surface area (Å²) >= 11 is 2.01. The minimum atomic E-state index is -0.681. The van der Waals surface area contributed by atoms with Crippen LogP contribution in [0.3, 0.4) is 0 Å². The maximum atomic E-state index is 11.0. The van der Waals surface area contributed by atoms with E-state index in [-0.39, 0.29) is 17.4 Å². The van der Waals surface area contributed by atoms with Crippen LogP contribution in [0.15, 0.2) is 0 Å². The molecule has 0 saturated carbocycles. The van der Waals surface area contributed by atoms with Gasteiger partial charge in [-0.05, 0) is 48.5 Å². The highest BCUT2D eigenvalue weighted by molar-refractivity contribution is 7.99. The van der Waals surface area contributed by atoms with Crippen molar-refractivity contribution < 1.29 is 14.6 Å². The third-order valence-corrected chi connectivity index (χ3v) is 5.59. The van der Waals surface area contributed by atoms with Crippen LogP contribution in [0.4, 0.5) is 0 Å². The SMILES string of the molecule is CC(C)(CC(=O)O)C1CCOC2(CCSCC2)C1. The van der Waals surface area contributed by atoms with Crippen LogP contribution in [0.1, 0.15) is 46.0 Å². The fraction of sp³-hybridized carbons (Fsp3) is 0.929. The molecule has 1 N–H and O–H groups in total. The summed E-state index contributed by atoms with van der Waals surface area (Å²) in [7, 11) is 0. The Kier molecular flexibility index (Phi) is 4.27. The lowest BCUT2D eigenvalue weighted by atomic mass is 9.67. The van der Waals surface area contributed by atoms with Gasteiger partial charge in [0.05, 0.1) is 12.0 Å². The third-order valence-electron chi connectivity index (χ3n) is 4.61. The molecule has 0 bridgehead atoms. The molecule has 104 valence electrons. The van der Waals surface area contributed by atoms with E-state index in [0.717, 1.165) is 32.3 Å². The second kappa shape index (κ2) is 5.41. The molecule has 1 unspecified atom stereocenters. The van der Waals surface area contributed by atoms with Gasteiger partial charge in [0, 0.05) is 6.61 Å². The third kappa shape index (κ3) is 3.21. The van der Waals surface area contributed by atoms with Crippen LogP contribution in [0, 0.1) is 11.3 Å². The molecule has 0 amide bonds. The van der Waals surface area contributed by atoms with E-state index in [9.17, 15) is 4.79 Å². The van der Waals surface area contributed by atoms with Gasteiger partial charge in [-0.2, -0.15) is 11.8 Å². The number of hydrogen-bond acceptors (Lipinski definition) is 3. The highest BCUT2D eigenvalue weighted by atomic mass is 32.2. The molecule has 2 aliphatic heterocycles. The Bertz CT molecular complexity index is 303. The number of carbonyl (C=O) groups is 1. The molecule has 18 heavy (non-hydrogen) atoms. The van der Waals surface area contributed by atoms with Crippen molar-refractivity contribution >= 4 is 17.7 Å². The molecule has 2 saturated heterocycles. The van der Waals surface area contributed by atoms with E-state index >= 15 is 0 Å². The van der Waals surface area contributed by atoms with Gasteiger partial charge < -0.3 is 9.84 Å². The molecule has 0 aromatic carbocycles. The Labute approximate surface area is 114 Å². The Hall–Kier alpha value is -0.220. The molecule has 0 aromatic heterocycles. The number of carboxylic acid groups (broad SMARTS) is 1. The second-order valence-electron chi connectivity index (χ2n) is 6.39. The zero-order chi connectivity index (χ0) is 13.2. The van der Waals surface area contributed by atoms with Gasteiger partial charge in [0.2, 0.25) is 0 Å². The average molecular weight is 272 g/mol. The standard InChI is InChI=1S/C14H24O3S/c1-13(2,10-12(15)16)11-3-6-17-14(9-11)4-7-18-8-5-14/h11H,3-10H2,1-2H3,(H,15,16). The topological polar surface area (TPSA) is 46.5 Å². The molecule has 0 aromatic rings. The minimum Gasteiger partial charge on any atom is -0.481 e. The largest absolute Gasteiger partial charge is 0.481 e. The summed E-state index contributed by atoms with van der Waals surface area (Å²) in [6, 6.07) is 0. The van der Waals surface area contributed by atoms with E-state index in [0.29, 0.717) is 5.92 Å². The van der Waals surface area contributed by atoms with Crippen molar-refractivity contribution in [3.05, 3.63) is 0 Å². The van der Waals surface area contributed by atoms with Crippen molar-refractivity contribution in [2.75, 3.05) is 18.1 Å². The molecule has 1 spiro atoms. The van der Waals surface area contributed by atoms with E-state index in [2.05, 4.69) is 13.8 Å². The van der Waals surface area contributed by atoms with E-state index in [1.807, 2.05) is 11.8 Å². The van der Waals surface area contributed by atoms with Crippen LogP contribution in [0.25, 0.3) is 0 Å². The normalized spacial score (nSPS) is 28.2. The van der Waals surface area contributed by atoms with Gasteiger partial charge in [-0.15, -0.1) is 0 Å². The fourth-order valence-electron chi connectivity index (χ4n) is 3.32. The first-order valence-electron chi connectivity index (χ1n) is 6.87. The van der Waals surface area contributed by atoms with Gasteiger partial charge in [0.1, 0.15) is 0 Å². The molecular weight excluding hydrogens is 248 g/mol. The zero-order valence-corrected chi connectivity index (χ0v) is 12.2. The minimum absolute atomic E-state index is 0.0595. The van der Waals surface area contributed by atoms with Crippen LogP contribution in [0.5, 0.6) is 0 Å². The average Bonchev–Trinajstić information content (AvgIpc) is 2.28. The number of aliphatic carboxylic acids is 1. The van der Waals surface area contributed by atoms with Gasteiger partial charge in [-0.25, -0.2) is 0 Å². The maximum Gasteiger partial charge on any atom is 0.303 e. The van der Waals surface area contributed by atoms with E-state index in [1.54, 1.807) is 0 Å². The first kappa shape index (κ1) is 14.2. The lowest BCUT2D eigenvalue weighted by molar-refractivity contribution is -0.145. The predicted octanol–water partition coefficient (Wildman–Crippen LogP) is 3.18. The van der Waals surface area contributed by atoms with Gasteiger partial charge in [0.15, 0.2) is 0 Å². The Morgan fingerprint density at radius 2 is 2.11 bits per heavy atom. The van der Waals surface area contributed by atoms with Crippen molar-refractivity contribution in [3.63, 3.8) is 0 Å². The molecule has 2 aliphatic rings. The molecule has 2 fully saturated rings. The highest BCUT2D eigenvalue weighted by Gasteiger charge is 2.43. The van der Waals surface area contributed by atoms with Crippen LogP contribution in [-0.2, 0) is 9.53 Å². The molecule has 1 atom stereocenters. The number of rotatable bonds is 3. The van der Waals surface area contributed by atoms with Gasteiger partial charge >= 0.3 is 5.97 Å². The first-order valence-corrected chi connectivity index (χ1v) is 8.03. The van der Waals surface area contributed by atoms with Crippen molar-refractivity contribution in [2.45, 2.75) is 51.6 Å². The smallest absolute Gasteiger partial charge is 0.303 e. The summed E-state index contributed by atoms with van der Waals surface area (Å²) < 4.78 is 6.08. The first-order chi connectivity index (χ1) is 8.44. The van der Waals surface area contributed by atoms with Crippen molar-refractivity contribution in [2.24, 2.45) is 11.3 Å². The number of thioether (sulfide) groups is 1. The monoisotopic (exact) mass is 272 g/mol. The number of ether oxygens (including phenoxy) is 1. The Morgan fingerprint density at radius 3 is 2.72 bits per heavy atom. The lowest BCUT2D eigenvalue weighted by Gasteiger charge is -2.47. The summed E-state index contributed by atoms with van der Waals surface area (Å²) in [4.78, 5) is 11.0. The molecule has 0 radical (unpaired) electrons. The molecule has 4 heteroatoms. The quantitative estimate of drug-likeness (QED) is 0.857. The summed E-state index contributed by atoms with van der Waals surface area (Å²) in [5.74, 6) is 2.17. The van der Waals surface area contributed by atoms with E-state index in [4.69, 9.17) is 9.84 Å². The maximum absolute atomic E-state index is 11.0. The predicted molar refractivity (Wildman–Crippen MR) is 74.0 cm³/mol. The number of hydrogen-bond donors (Lipinski definition) is 1. The lowest BCUT2D eigenvalue weighted by Crippen LogP contribution is -2.46. The highest BCUT2D eigenvalue weighted by Crippen LogP contribution is 2.46. The molecule has 2 rings (SSSR count). The molecular formula is C14H24O3S. The van der Waals surface area contributed by atoms with E-state index < -0.39 is 5.97 Å². The van der Waals surface area contributed by atoms with Gasteiger partial charge in [0.25, 0.3) is 0 Å². The summed E-state index contributed by atoms with van der Waals surface area (Å²) in [6.45, 7) is 5.00. The van der Waals surface area contributed by atoms with Crippen molar-refractivity contribution in [1.29, 1.82) is 0 Å². The van der Waals surface area contributed by atoms with Crippen molar-refractivity contribution in [1.82, 2.24) is 0 Å². The second-order valence-corrected chi connectivity index (χ2v) is 7.62. The van der Waals surface area contributed by atoms with Crippen LogP contribution in [-0.4, -0.2) is 34.8 Å². The Balaban J connectivity index is 2.03. The molecule has 0 aliphatic carbocycles. The van der Waals surface area contributed by atoms with Crippen molar-refractivity contribution in [3.8, 4) is 0 Å². The number of carboxylic acids is 1. The summed E-state index contributed by atoms with van der Waals surface area (Å²) in [5.41, 5.74) is -0.0584. The van der Waals surface area contributed by atoms with Crippen LogP contribution in [0.2, 0.25) is 0 Å². The zero-order valence-electron chi connectivity index (χ0n) is 11.4. The summed E-state index contributed by atoms with van der Waals surface area (Å²) in [5, 5.41) is 9.05. The molecule has 3 nitrogen and oxygen atoms in total.